The Morgan fingerprint density at radius 2 is 1.35 bits per heavy atom. The molecule has 0 amide bonds. The standard InChI is InChI=1S/C19H14O3S/c1-12-14-7-4-5-9-17(14)19(23(20,21)22)18-15(12)11-10-13-6-2-3-8-16(13)18/h2-11H,1H3,(H,20,21,22). The van der Waals surface area contributed by atoms with Gasteiger partial charge in [-0.25, -0.2) is 0 Å². The van der Waals surface area contributed by atoms with Crippen molar-refractivity contribution in [1.29, 1.82) is 0 Å². The molecule has 1 N–H and O–H groups in total. The van der Waals surface area contributed by atoms with E-state index in [-0.39, 0.29) is 4.90 Å². The minimum Gasteiger partial charge on any atom is -0.282 e. The van der Waals surface area contributed by atoms with Crippen molar-refractivity contribution < 1.29 is 13.0 Å². The Morgan fingerprint density at radius 1 is 0.739 bits per heavy atom. The van der Waals surface area contributed by atoms with Crippen LogP contribution in [0.3, 0.4) is 0 Å². The molecule has 0 aliphatic carbocycles. The van der Waals surface area contributed by atoms with Crippen LogP contribution < -0.4 is 0 Å². The minimum absolute atomic E-state index is 0.00880. The van der Waals surface area contributed by atoms with E-state index in [1.807, 2.05) is 55.5 Å². The molecule has 0 atom stereocenters. The second-order valence-electron chi connectivity index (χ2n) is 5.68. The van der Waals surface area contributed by atoms with Crippen molar-refractivity contribution in [3.05, 3.63) is 66.2 Å². The van der Waals surface area contributed by atoms with E-state index in [0.717, 1.165) is 27.1 Å². The Balaban J connectivity index is 2.46. The summed E-state index contributed by atoms with van der Waals surface area (Å²) in [6, 6.07) is 18.8. The predicted molar refractivity (Wildman–Crippen MR) is 93.5 cm³/mol. The van der Waals surface area contributed by atoms with Crippen molar-refractivity contribution >= 4 is 42.4 Å². The van der Waals surface area contributed by atoms with Crippen molar-refractivity contribution in [1.82, 2.24) is 0 Å². The average Bonchev–Trinajstić information content (AvgIpc) is 2.54. The molecule has 23 heavy (non-hydrogen) atoms. The second kappa shape index (κ2) is 4.78. The van der Waals surface area contributed by atoms with Gasteiger partial charge in [0.1, 0.15) is 4.90 Å². The van der Waals surface area contributed by atoms with Crippen LogP contribution in [0.15, 0.2) is 65.6 Å². The van der Waals surface area contributed by atoms with E-state index in [2.05, 4.69) is 0 Å². The zero-order chi connectivity index (χ0) is 16.2. The topological polar surface area (TPSA) is 54.4 Å². The van der Waals surface area contributed by atoms with Crippen LogP contribution in [-0.2, 0) is 10.1 Å². The summed E-state index contributed by atoms with van der Waals surface area (Å²) >= 11 is 0. The smallest absolute Gasteiger partial charge is 0.282 e. The largest absolute Gasteiger partial charge is 0.295 e. The van der Waals surface area contributed by atoms with Crippen molar-refractivity contribution in [2.45, 2.75) is 11.8 Å². The molecule has 4 aromatic rings. The molecular weight excluding hydrogens is 308 g/mol. The lowest BCUT2D eigenvalue weighted by Gasteiger charge is -2.14. The summed E-state index contributed by atoms with van der Waals surface area (Å²) in [5, 5.41) is 4.59. The van der Waals surface area contributed by atoms with Crippen LogP contribution in [0.25, 0.3) is 32.3 Å². The Hall–Kier alpha value is -2.43. The number of aryl methyl sites for hydroxylation is 1. The Labute approximate surface area is 133 Å². The van der Waals surface area contributed by atoms with Gasteiger partial charge in [-0.2, -0.15) is 8.42 Å². The fraction of sp³-hybridized carbons (Fsp3) is 0.0526. The van der Waals surface area contributed by atoms with E-state index in [1.54, 1.807) is 12.1 Å². The van der Waals surface area contributed by atoms with Gasteiger partial charge in [-0.1, -0.05) is 60.7 Å². The average molecular weight is 322 g/mol. The molecule has 3 nitrogen and oxygen atoms in total. The van der Waals surface area contributed by atoms with Gasteiger partial charge in [0.2, 0.25) is 0 Å². The van der Waals surface area contributed by atoms with Crippen LogP contribution in [0.2, 0.25) is 0 Å². The SMILES string of the molecule is Cc1c2ccccc2c(S(=O)(=O)O)c2c1ccc1ccccc12. The van der Waals surface area contributed by atoms with Crippen molar-refractivity contribution in [2.75, 3.05) is 0 Å². The number of benzene rings is 4. The third-order valence-electron chi connectivity index (χ3n) is 4.39. The maximum Gasteiger partial charge on any atom is 0.295 e. The molecule has 0 fully saturated rings. The fourth-order valence-corrected chi connectivity index (χ4v) is 4.32. The lowest BCUT2D eigenvalue weighted by atomic mass is 9.94. The third-order valence-corrected chi connectivity index (χ3v) is 5.33. The van der Waals surface area contributed by atoms with E-state index < -0.39 is 10.1 Å². The molecule has 0 unspecified atom stereocenters. The Morgan fingerprint density at radius 3 is 2.04 bits per heavy atom. The zero-order valence-corrected chi connectivity index (χ0v) is 13.3. The summed E-state index contributed by atoms with van der Waals surface area (Å²) in [6.45, 7) is 1.98. The summed E-state index contributed by atoms with van der Waals surface area (Å²) in [5.74, 6) is 0. The molecule has 0 bridgehead atoms. The second-order valence-corrected chi connectivity index (χ2v) is 7.04. The van der Waals surface area contributed by atoms with Gasteiger partial charge in [0.25, 0.3) is 10.1 Å². The van der Waals surface area contributed by atoms with Crippen molar-refractivity contribution in [3.8, 4) is 0 Å². The van der Waals surface area contributed by atoms with E-state index in [1.165, 1.54) is 0 Å². The van der Waals surface area contributed by atoms with Crippen LogP contribution in [0.4, 0.5) is 0 Å². The lowest BCUT2D eigenvalue weighted by molar-refractivity contribution is 0.485. The molecule has 4 rings (SSSR count). The van der Waals surface area contributed by atoms with Gasteiger partial charge >= 0.3 is 0 Å². The number of hydrogen-bond donors (Lipinski definition) is 1. The zero-order valence-electron chi connectivity index (χ0n) is 12.4. The van der Waals surface area contributed by atoms with Crippen LogP contribution in [0.1, 0.15) is 5.56 Å². The van der Waals surface area contributed by atoms with E-state index in [4.69, 9.17) is 0 Å². The number of rotatable bonds is 1. The van der Waals surface area contributed by atoms with Crippen molar-refractivity contribution in [2.24, 2.45) is 0 Å². The highest BCUT2D eigenvalue weighted by molar-refractivity contribution is 7.86. The monoisotopic (exact) mass is 322 g/mol. The van der Waals surface area contributed by atoms with Gasteiger partial charge in [0, 0.05) is 10.8 Å². The van der Waals surface area contributed by atoms with Gasteiger partial charge in [0.15, 0.2) is 0 Å². The first-order chi connectivity index (χ1) is 11.0. The molecule has 0 spiro atoms. The quantitative estimate of drug-likeness (QED) is 0.314. The summed E-state index contributed by atoms with van der Waals surface area (Å²) in [5.41, 5.74) is 1.01. The minimum atomic E-state index is -4.36. The first kappa shape index (κ1) is 14.2. The highest BCUT2D eigenvalue weighted by atomic mass is 32.2. The molecule has 0 aliphatic rings. The molecule has 0 heterocycles. The fourth-order valence-electron chi connectivity index (χ4n) is 3.38. The lowest BCUT2D eigenvalue weighted by Crippen LogP contribution is -2.02. The summed E-state index contributed by atoms with van der Waals surface area (Å²) in [7, 11) is -4.36. The molecule has 0 aliphatic heterocycles. The third kappa shape index (κ3) is 2.03. The van der Waals surface area contributed by atoms with E-state index >= 15 is 0 Å². The maximum absolute atomic E-state index is 12.2. The van der Waals surface area contributed by atoms with Gasteiger partial charge in [-0.05, 0) is 34.0 Å². The molecule has 4 aromatic carbocycles. The maximum atomic E-state index is 12.2. The Bertz CT molecular complexity index is 1190. The molecule has 0 saturated heterocycles. The molecular formula is C19H14O3S. The Kier molecular flexibility index (Phi) is 2.95. The first-order valence-electron chi connectivity index (χ1n) is 7.29. The predicted octanol–water partition coefficient (Wildman–Crippen LogP) is 4.70. The molecule has 0 saturated carbocycles. The van der Waals surface area contributed by atoms with Gasteiger partial charge < -0.3 is 0 Å². The molecule has 0 radical (unpaired) electrons. The van der Waals surface area contributed by atoms with Gasteiger partial charge in [-0.3, -0.25) is 4.55 Å². The summed E-state index contributed by atoms with van der Waals surface area (Å²) in [4.78, 5) is -0.00880. The molecule has 114 valence electrons. The van der Waals surface area contributed by atoms with E-state index in [0.29, 0.717) is 10.8 Å². The van der Waals surface area contributed by atoms with Crippen LogP contribution >= 0.6 is 0 Å². The molecule has 0 aromatic heterocycles. The first-order valence-corrected chi connectivity index (χ1v) is 8.73. The van der Waals surface area contributed by atoms with Gasteiger partial charge in [-0.15, -0.1) is 0 Å². The van der Waals surface area contributed by atoms with Crippen LogP contribution in [0, 0.1) is 6.92 Å². The number of hydrogen-bond acceptors (Lipinski definition) is 2. The normalized spacial score (nSPS) is 12.3. The van der Waals surface area contributed by atoms with Crippen LogP contribution in [0.5, 0.6) is 0 Å². The highest BCUT2D eigenvalue weighted by Crippen LogP contribution is 2.38. The van der Waals surface area contributed by atoms with E-state index in [9.17, 15) is 13.0 Å². The summed E-state index contributed by atoms with van der Waals surface area (Å²) in [6.07, 6.45) is 0. The van der Waals surface area contributed by atoms with Crippen molar-refractivity contribution in [3.63, 3.8) is 0 Å². The van der Waals surface area contributed by atoms with Crippen LogP contribution in [-0.4, -0.2) is 13.0 Å². The summed E-state index contributed by atoms with van der Waals surface area (Å²) < 4.78 is 34.3. The molecule has 4 heteroatoms. The number of fused-ring (bicyclic) bond motifs is 4. The van der Waals surface area contributed by atoms with Gasteiger partial charge in [0.05, 0.1) is 0 Å². The highest BCUT2D eigenvalue weighted by Gasteiger charge is 2.21.